The Morgan fingerprint density at radius 3 is 2.46 bits per heavy atom. The number of para-hydroxylation sites is 1. The Kier molecular flexibility index (Phi) is 5.32. The first-order valence-corrected chi connectivity index (χ1v) is 9.19. The number of benzene rings is 2. The van der Waals surface area contributed by atoms with Crippen LogP contribution in [0.25, 0.3) is 11.0 Å². The third-order valence-corrected chi connectivity index (χ3v) is 4.76. The molecule has 1 heterocycles. The summed E-state index contributed by atoms with van der Waals surface area (Å²) in [5, 5.41) is 3.93. The fourth-order valence-electron chi connectivity index (χ4n) is 2.67. The van der Waals surface area contributed by atoms with Crippen LogP contribution in [0, 0.1) is 0 Å². The number of nitrogens with one attached hydrogen (secondary N) is 1. The molecular weight excluding hydrogens is 348 g/mol. The maximum Gasteiger partial charge on any atom is 0.286 e. The van der Waals surface area contributed by atoms with E-state index in [0.717, 1.165) is 5.56 Å². The first-order chi connectivity index (χ1) is 12.4. The highest BCUT2D eigenvalue weighted by Gasteiger charge is 2.20. The predicted molar refractivity (Wildman–Crippen MR) is 105 cm³/mol. The molecule has 0 radical (unpaired) electrons. The summed E-state index contributed by atoms with van der Waals surface area (Å²) in [4.78, 5) is 25.3. The molecule has 0 saturated carbocycles. The van der Waals surface area contributed by atoms with Crippen molar-refractivity contribution in [2.45, 2.75) is 30.4 Å². The van der Waals surface area contributed by atoms with E-state index in [9.17, 15) is 9.59 Å². The van der Waals surface area contributed by atoms with Crippen molar-refractivity contribution in [3.8, 4) is 0 Å². The summed E-state index contributed by atoms with van der Waals surface area (Å²) in [5.41, 5.74) is 7.10. The van der Waals surface area contributed by atoms with Gasteiger partial charge in [-0.25, -0.2) is 0 Å². The van der Waals surface area contributed by atoms with Crippen LogP contribution in [0.5, 0.6) is 0 Å². The topological polar surface area (TPSA) is 85.3 Å². The molecule has 0 spiro atoms. The van der Waals surface area contributed by atoms with Crippen LogP contribution in [-0.4, -0.2) is 17.1 Å². The summed E-state index contributed by atoms with van der Waals surface area (Å²) in [6, 6.07) is 15.0. The van der Waals surface area contributed by atoms with E-state index in [1.165, 1.54) is 4.90 Å². The van der Waals surface area contributed by atoms with E-state index in [1.807, 2.05) is 30.3 Å². The van der Waals surface area contributed by atoms with Gasteiger partial charge in [0.1, 0.15) is 11.3 Å². The van der Waals surface area contributed by atoms with E-state index in [-0.39, 0.29) is 18.1 Å². The van der Waals surface area contributed by atoms with Gasteiger partial charge in [-0.3, -0.25) is 9.59 Å². The number of amides is 2. The maximum atomic E-state index is 12.5. The second-order valence-corrected chi connectivity index (χ2v) is 7.85. The fourth-order valence-corrected chi connectivity index (χ4v) is 3.51. The van der Waals surface area contributed by atoms with Crippen molar-refractivity contribution in [2.24, 2.45) is 5.73 Å². The first kappa shape index (κ1) is 18.1. The number of hydrogen-bond acceptors (Lipinski definition) is 4. The minimum absolute atomic E-state index is 0.0387. The number of hydrogen-bond donors (Lipinski definition) is 2. The van der Waals surface area contributed by atoms with Crippen molar-refractivity contribution >= 4 is 40.2 Å². The summed E-state index contributed by atoms with van der Waals surface area (Å²) in [7, 11) is 0. The molecule has 0 fully saturated rings. The molecule has 3 N–H and O–H groups in total. The second-order valence-electron chi connectivity index (χ2n) is 6.20. The highest BCUT2D eigenvalue weighted by atomic mass is 32.2. The van der Waals surface area contributed by atoms with E-state index >= 15 is 0 Å². The smallest absolute Gasteiger partial charge is 0.286 e. The molecule has 3 aromatic rings. The summed E-state index contributed by atoms with van der Waals surface area (Å²) in [6.07, 6.45) is 0.199. The molecule has 0 aliphatic heterocycles. The summed E-state index contributed by atoms with van der Waals surface area (Å²) in [6.45, 7) is 4.27. The molecule has 0 aliphatic carbocycles. The number of anilines is 1. The van der Waals surface area contributed by atoms with Crippen LogP contribution in [0.3, 0.4) is 0 Å². The summed E-state index contributed by atoms with van der Waals surface area (Å²) < 4.78 is 5.47. The third-order valence-electron chi connectivity index (χ3n) is 3.74. The van der Waals surface area contributed by atoms with E-state index < -0.39 is 5.91 Å². The largest absolute Gasteiger partial charge is 0.449 e. The molecule has 0 atom stereocenters. The van der Waals surface area contributed by atoms with Crippen molar-refractivity contribution in [2.75, 3.05) is 5.32 Å². The standard InChI is InChI=1S/C20H20N2O3S/c1-12(2)26-14-9-7-13(8-10-14)11-17(23)22-18-15-5-3-4-6-16(15)25-19(18)20(21)24/h3-10,12H,11H2,1-2H3,(H2,21,24)(H,22,23). The Labute approximate surface area is 155 Å². The van der Waals surface area contributed by atoms with Crippen LogP contribution in [0.2, 0.25) is 0 Å². The highest BCUT2D eigenvalue weighted by molar-refractivity contribution is 7.99. The van der Waals surface area contributed by atoms with Gasteiger partial charge in [-0.1, -0.05) is 38.1 Å². The Morgan fingerprint density at radius 1 is 1.12 bits per heavy atom. The van der Waals surface area contributed by atoms with Crippen molar-refractivity contribution in [1.29, 1.82) is 0 Å². The maximum absolute atomic E-state index is 12.5. The van der Waals surface area contributed by atoms with Crippen molar-refractivity contribution in [3.63, 3.8) is 0 Å². The van der Waals surface area contributed by atoms with E-state index in [4.69, 9.17) is 10.2 Å². The summed E-state index contributed by atoms with van der Waals surface area (Å²) in [5.74, 6) is -0.988. The van der Waals surface area contributed by atoms with Gasteiger partial charge in [-0.05, 0) is 29.8 Å². The number of thioether (sulfide) groups is 1. The molecule has 0 saturated heterocycles. The molecule has 3 rings (SSSR count). The number of carbonyl (C=O) groups excluding carboxylic acids is 2. The zero-order valence-corrected chi connectivity index (χ0v) is 15.4. The van der Waals surface area contributed by atoms with Crippen LogP contribution >= 0.6 is 11.8 Å². The number of rotatable bonds is 6. The molecule has 0 bridgehead atoms. The van der Waals surface area contributed by atoms with Crippen LogP contribution in [0.15, 0.2) is 57.8 Å². The average Bonchev–Trinajstić information content (AvgIpc) is 2.95. The highest BCUT2D eigenvalue weighted by Crippen LogP contribution is 2.30. The molecule has 134 valence electrons. The molecule has 1 aromatic heterocycles. The molecule has 26 heavy (non-hydrogen) atoms. The van der Waals surface area contributed by atoms with Gasteiger partial charge in [-0.2, -0.15) is 0 Å². The monoisotopic (exact) mass is 368 g/mol. The minimum atomic E-state index is -0.716. The van der Waals surface area contributed by atoms with Crippen LogP contribution < -0.4 is 11.1 Å². The molecule has 6 heteroatoms. The van der Waals surface area contributed by atoms with Gasteiger partial charge < -0.3 is 15.5 Å². The number of nitrogens with two attached hydrogens (primary N) is 1. The average molecular weight is 368 g/mol. The molecule has 0 unspecified atom stereocenters. The van der Waals surface area contributed by atoms with E-state index in [1.54, 1.807) is 30.0 Å². The van der Waals surface area contributed by atoms with Gasteiger partial charge in [0, 0.05) is 15.5 Å². The van der Waals surface area contributed by atoms with E-state index in [0.29, 0.717) is 21.9 Å². The number of furan rings is 1. The molecule has 0 aliphatic rings. The molecule has 2 aromatic carbocycles. The zero-order chi connectivity index (χ0) is 18.7. The Morgan fingerprint density at radius 2 is 1.81 bits per heavy atom. The first-order valence-electron chi connectivity index (χ1n) is 8.31. The van der Waals surface area contributed by atoms with Gasteiger partial charge >= 0.3 is 0 Å². The lowest BCUT2D eigenvalue weighted by atomic mass is 10.1. The Hall–Kier alpha value is -2.73. The fraction of sp³-hybridized carbons (Fsp3) is 0.200. The predicted octanol–water partition coefficient (Wildman–Crippen LogP) is 4.21. The zero-order valence-electron chi connectivity index (χ0n) is 14.6. The molecule has 5 nitrogen and oxygen atoms in total. The van der Waals surface area contributed by atoms with E-state index in [2.05, 4.69) is 19.2 Å². The summed E-state index contributed by atoms with van der Waals surface area (Å²) >= 11 is 1.77. The van der Waals surface area contributed by atoms with Gasteiger partial charge in [0.25, 0.3) is 5.91 Å². The van der Waals surface area contributed by atoms with Gasteiger partial charge in [0.15, 0.2) is 0 Å². The number of fused-ring (bicyclic) bond motifs is 1. The van der Waals surface area contributed by atoms with Crippen LogP contribution in [0.4, 0.5) is 5.69 Å². The van der Waals surface area contributed by atoms with Crippen molar-refractivity contribution in [1.82, 2.24) is 0 Å². The quantitative estimate of drug-likeness (QED) is 0.638. The Balaban J connectivity index is 1.77. The lowest BCUT2D eigenvalue weighted by Gasteiger charge is -2.07. The minimum Gasteiger partial charge on any atom is -0.449 e. The van der Waals surface area contributed by atoms with Crippen molar-refractivity contribution in [3.05, 3.63) is 59.9 Å². The molecular formula is C20H20N2O3S. The lowest BCUT2D eigenvalue weighted by Crippen LogP contribution is -2.18. The van der Waals surface area contributed by atoms with Crippen molar-refractivity contribution < 1.29 is 14.0 Å². The van der Waals surface area contributed by atoms with Crippen LogP contribution in [0.1, 0.15) is 30.0 Å². The van der Waals surface area contributed by atoms with Gasteiger partial charge in [-0.15, -0.1) is 11.8 Å². The molecule has 2 amide bonds. The van der Waals surface area contributed by atoms with Gasteiger partial charge in [0.05, 0.1) is 6.42 Å². The SMILES string of the molecule is CC(C)Sc1ccc(CC(=O)Nc2c(C(N)=O)oc3ccccc23)cc1. The Bertz CT molecular complexity index is 945. The lowest BCUT2D eigenvalue weighted by molar-refractivity contribution is -0.115. The normalized spacial score (nSPS) is 11.0. The third kappa shape index (κ3) is 4.08. The van der Waals surface area contributed by atoms with Gasteiger partial charge in [0.2, 0.25) is 11.7 Å². The second kappa shape index (κ2) is 7.66. The number of primary amides is 1. The number of carbonyl (C=O) groups is 2. The van der Waals surface area contributed by atoms with Crippen LogP contribution in [-0.2, 0) is 11.2 Å².